The fourth-order valence-corrected chi connectivity index (χ4v) is 2.42. The van der Waals surface area contributed by atoms with Gasteiger partial charge in [-0.15, -0.1) is 0 Å². The van der Waals surface area contributed by atoms with Gasteiger partial charge in [0.15, 0.2) is 0 Å². The molecular formula is C14H17NO3. The molecule has 0 spiro atoms. The number of carboxylic acid groups (broad SMARTS) is 1. The molecule has 0 radical (unpaired) electrons. The van der Waals surface area contributed by atoms with Gasteiger partial charge in [-0.1, -0.05) is 30.3 Å². The number of rotatable bonds is 3. The molecule has 1 aromatic rings. The Labute approximate surface area is 106 Å². The Morgan fingerprint density at radius 1 is 1.33 bits per heavy atom. The van der Waals surface area contributed by atoms with Crippen LogP contribution in [0.1, 0.15) is 31.2 Å². The van der Waals surface area contributed by atoms with Gasteiger partial charge in [0.25, 0.3) is 0 Å². The molecule has 1 amide bonds. The van der Waals surface area contributed by atoms with Crippen LogP contribution < -0.4 is 0 Å². The van der Waals surface area contributed by atoms with E-state index in [0.717, 1.165) is 12.0 Å². The molecule has 0 bridgehead atoms. The number of hydrogen-bond acceptors (Lipinski definition) is 2. The van der Waals surface area contributed by atoms with Gasteiger partial charge in [0.2, 0.25) is 5.91 Å². The number of amides is 1. The zero-order valence-corrected chi connectivity index (χ0v) is 10.4. The Hall–Kier alpha value is -1.84. The molecule has 1 fully saturated rings. The topological polar surface area (TPSA) is 57.6 Å². The average molecular weight is 247 g/mol. The van der Waals surface area contributed by atoms with E-state index in [0.29, 0.717) is 13.0 Å². The molecule has 1 aliphatic rings. The summed E-state index contributed by atoms with van der Waals surface area (Å²) in [5.41, 5.74) is 0.929. The van der Waals surface area contributed by atoms with Crippen molar-refractivity contribution in [1.82, 2.24) is 4.90 Å². The van der Waals surface area contributed by atoms with Crippen LogP contribution in [0.15, 0.2) is 30.3 Å². The van der Waals surface area contributed by atoms with Gasteiger partial charge in [-0.25, -0.2) is 4.79 Å². The van der Waals surface area contributed by atoms with Crippen molar-refractivity contribution in [3.63, 3.8) is 0 Å². The summed E-state index contributed by atoms with van der Waals surface area (Å²) < 4.78 is 0. The van der Waals surface area contributed by atoms with Gasteiger partial charge in [0.05, 0.1) is 5.92 Å². The van der Waals surface area contributed by atoms with Crippen LogP contribution in [0.2, 0.25) is 0 Å². The molecule has 0 unspecified atom stereocenters. The molecule has 0 aromatic heterocycles. The van der Waals surface area contributed by atoms with E-state index in [2.05, 4.69) is 0 Å². The maximum Gasteiger partial charge on any atom is 0.326 e. The van der Waals surface area contributed by atoms with Crippen LogP contribution in [0, 0.1) is 0 Å². The summed E-state index contributed by atoms with van der Waals surface area (Å²) in [5.74, 6) is -1.28. The molecule has 1 heterocycles. The largest absolute Gasteiger partial charge is 0.480 e. The van der Waals surface area contributed by atoms with Gasteiger partial charge in [0.1, 0.15) is 6.04 Å². The average Bonchev–Trinajstić information content (AvgIpc) is 2.87. The molecule has 1 saturated heterocycles. The summed E-state index contributed by atoms with van der Waals surface area (Å²) >= 11 is 0. The van der Waals surface area contributed by atoms with Crippen LogP contribution >= 0.6 is 0 Å². The third-order valence-electron chi connectivity index (χ3n) is 3.49. The van der Waals surface area contributed by atoms with Crippen LogP contribution in [-0.2, 0) is 9.59 Å². The number of carboxylic acids is 1. The molecule has 4 heteroatoms. The Bertz CT molecular complexity index is 444. The normalized spacial score (nSPS) is 20.7. The summed E-state index contributed by atoms with van der Waals surface area (Å²) in [5, 5.41) is 9.09. The highest BCUT2D eigenvalue weighted by molar-refractivity contribution is 5.88. The quantitative estimate of drug-likeness (QED) is 0.887. The second-order valence-electron chi connectivity index (χ2n) is 4.66. The lowest BCUT2D eigenvalue weighted by atomic mass is 9.99. The molecule has 1 aliphatic heterocycles. The minimum atomic E-state index is -0.902. The number of likely N-dealkylation sites (tertiary alicyclic amines) is 1. The highest BCUT2D eigenvalue weighted by atomic mass is 16.4. The van der Waals surface area contributed by atoms with Gasteiger partial charge in [-0.3, -0.25) is 4.79 Å². The smallest absolute Gasteiger partial charge is 0.326 e. The Balaban J connectivity index is 2.14. The molecule has 0 aliphatic carbocycles. The first-order chi connectivity index (χ1) is 8.61. The minimum Gasteiger partial charge on any atom is -0.480 e. The second kappa shape index (κ2) is 5.21. The van der Waals surface area contributed by atoms with Gasteiger partial charge in [-0.05, 0) is 25.3 Å². The first-order valence-electron chi connectivity index (χ1n) is 6.19. The van der Waals surface area contributed by atoms with E-state index in [1.807, 2.05) is 37.3 Å². The van der Waals surface area contributed by atoms with E-state index in [9.17, 15) is 9.59 Å². The van der Waals surface area contributed by atoms with Crippen molar-refractivity contribution < 1.29 is 14.7 Å². The van der Waals surface area contributed by atoms with Crippen LogP contribution in [0.25, 0.3) is 0 Å². The molecule has 1 N–H and O–H groups in total. The van der Waals surface area contributed by atoms with E-state index in [-0.39, 0.29) is 11.8 Å². The minimum absolute atomic E-state index is 0.0916. The maximum atomic E-state index is 12.3. The standard InChI is InChI=1S/C14H17NO3/c1-10(11-6-3-2-4-7-11)13(16)15-9-5-8-12(15)14(17)18/h2-4,6-7,10,12H,5,8-9H2,1H3,(H,17,18)/t10-,12-/m0/s1. The number of carbonyl (C=O) groups excluding carboxylic acids is 1. The number of hydrogen-bond donors (Lipinski definition) is 1. The lowest BCUT2D eigenvalue weighted by Crippen LogP contribution is -2.42. The van der Waals surface area contributed by atoms with E-state index in [1.165, 1.54) is 4.90 Å². The van der Waals surface area contributed by atoms with Crippen LogP contribution in [-0.4, -0.2) is 34.5 Å². The van der Waals surface area contributed by atoms with Crippen molar-refractivity contribution in [1.29, 1.82) is 0 Å². The molecule has 2 rings (SSSR count). The molecule has 96 valence electrons. The van der Waals surface area contributed by atoms with Crippen LogP contribution in [0.5, 0.6) is 0 Å². The van der Waals surface area contributed by atoms with E-state index < -0.39 is 12.0 Å². The van der Waals surface area contributed by atoms with E-state index in [1.54, 1.807) is 0 Å². The van der Waals surface area contributed by atoms with Gasteiger partial charge < -0.3 is 10.0 Å². The Morgan fingerprint density at radius 3 is 2.61 bits per heavy atom. The van der Waals surface area contributed by atoms with E-state index >= 15 is 0 Å². The first-order valence-corrected chi connectivity index (χ1v) is 6.19. The zero-order valence-electron chi connectivity index (χ0n) is 10.4. The molecule has 0 saturated carbocycles. The van der Waals surface area contributed by atoms with Crippen molar-refractivity contribution in [2.45, 2.75) is 31.7 Å². The third-order valence-corrected chi connectivity index (χ3v) is 3.49. The molecule has 18 heavy (non-hydrogen) atoms. The van der Waals surface area contributed by atoms with Crippen LogP contribution in [0.3, 0.4) is 0 Å². The molecule has 2 atom stereocenters. The highest BCUT2D eigenvalue weighted by Gasteiger charge is 2.35. The second-order valence-corrected chi connectivity index (χ2v) is 4.66. The molecule has 4 nitrogen and oxygen atoms in total. The summed E-state index contributed by atoms with van der Waals surface area (Å²) in [6.07, 6.45) is 1.33. The summed E-state index contributed by atoms with van der Waals surface area (Å²) in [7, 11) is 0. The predicted octanol–water partition coefficient (Wildman–Crippen LogP) is 1.87. The Kier molecular flexibility index (Phi) is 3.65. The number of aliphatic carboxylic acids is 1. The van der Waals surface area contributed by atoms with Crippen molar-refractivity contribution in [3.8, 4) is 0 Å². The zero-order chi connectivity index (χ0) is 13.1. The van der Waals surface area contributed by atoms with Crippen molar-refractivity contribution in [2.75, 3.05) is 6.54 Å². The van der Waals surface area contributed by atoms with E-state index in [4.69, 9.17) is 5.11 Å². The van der Waals surface area contributed by atoms with Crippen molar-refractivity contribution >= 4 is 11.9 Å². The SMILES string of the molecule is C[C@H](C(=O)N1CCC[C@H]1C(=O)O)c1ccccc1. The highest BCUT2D eigenvalue weighted by Crippen LogP contribution is 2.24. The maximum absolute atomic E-state index is 12.3. The monoisotopic (exact) mass is 247 g/mol. The third kappa shape index (κ3) is 2.37. The predicted molar refractivity (Wildman–Crippen MR) is 67.2 cm³/mol. The number of nitrogens with zero attached hydrogens (tertiary/aromatic N) is 1. The van der Waals surface area contributed by atoms with Gasteiger partial charge in [0, 0.05) is 6.54 Å². The van der Waals surface area contributed by atoms with Gasteiger partial charge >= 0.3 is 5.97 Å². The van der Waals surface area contributed by atoms with Crippen molar-refractivity contribution in [2.24, 2.45) is 0 Å². The Morgan fingerprint density at radius 2 is 2.00 bits per heavy atom. The first kappa shape index (κ1) is 12.6. The molecular weight excluding hydrogens is 230 g/mol. The molecule has 1 aromatic carbocycles. The lowest BCUT2D eigenvalue weighted by molar-refractivity contribution is -0.148. The fourth-order valence-electron chi connectivity index (χ4n) is 2.42. The summed E-state index contributed by atoms with van der Waals surface area (Å²) in [4.78, 5) is 24.9. The lowest BCUT2D eigenvalue weighted by Gasteiger charge is -2.25. The fraction of sp³-hybridized carbons (Fsp3) is 0.429. The number of benzene rings is 1. The summed E-state index contributed by atoms with van der Waals surface area (Å²) in [6, 6.07) is 8.82. The van der Waals surface area contributed by atoms with Crippen LogP contribution in [0.4, 0.5) is 0 Å². The summed E-state index contributed by atoms with van der Waals surface area (Å²) in [6.45, 7) is 2.38. The van der Waals surface area contributed by atoms with Gasteiger partial charge in [-0.2, -0.15) is 0 Å². The number of carbonyl (C=O) groups is 2. The van der Waals surface area contributed by atoms with Crippen molar-refractivity contribution in [3.05, 3.63) is 35.9 Å².